The van der Waals surface area contributed by atoms with Gasteiger partial charge in [-0.25, -0.2) is 0 Å². The Kier molecular flexibility index (Phi) is 3.38. The zero-order valence-electron chi connectivity index (χ0n) is 14.9. The second kappa shape index (κ2) is 5.95. The van der Waals surface area contributed by atoms with Gasteiger partial charge in [0.05, 0.1) is 0 Å². The lowest BCUT2D eigenvalue weighted by atomic mass is 9.96. The van der Waals surface area contributed by atoms with E-state index in [9.17, 15) is 0 Å². The highest BCUT2D eigenvalue weighted by Crippen LogP contribution is 2.41. The van der Waals surface area contributed by atoms with Crippen LogP contribution in [-0.4, -0.2) is 0 Å². The zero-order valence-corrected chi connectivity index (χ0v) is 16.5. The first-order chi connectivity index (χ1) is 13.8. The second-order valence-corrected chi connectivity index (χ2v) is 8.03. The average molecular weight is 423 g/mol. The van der Waals surface area contributed by atoms with Crippen molar-refractivity contribution in [2.24, 2.45) is 0 Å². The molecule has 1 nitrogen and oxygen atoms in total. The highest BCUT2D eigenvalue weighted by atomic mass is 79.9. The minimum atomic E-state index is 0.926. The van der Waals surface area contributed by atoms with Crippen LogP contribution in [0.25, 0.3) is 54.6 Å². The molecule has 0 fully saturated rings. The second-order valence-electron chi connectivity index (χ2n) is 7.12. The van der Waals surface area contributed by atoms with Crippen LogP contribution in [0.4, 0.5) is 0 Å². The first kappa shape index (κ1) is 15.9. The molecule has 0 N–H and O–H groups in total. The molecule has 28 heavy (non-hydrogen) atoms. The summed E-state index contributed by atoms with van der Waals surface area (Å²) in [5.74, 6) is 0. The number of hydrogen-bond acceptors (Lipinski definition) is 1. The molecule has 0 amide bonds. The smallest absolute Gasteiger partial charge is 0.143 e. The first-order valence-corrected chi connectivity index (χ1v) is 10.1. The molecule has 5 aromatic carbocycles. The van der Waals surface area contributed by atoms with Crippen LogP contribution >= 0.6 is 15.9 Å². The number of furan rings is 1. The summed E-state index contributed by atoms with van der Waals surface area (Å²) in [6.45, 7) is 0. The van der Waals surface area contributed by atoms with Crippen molar-refractivity contribution >= 4 is 59.4 Å². The third-order valence-corrected chi connectivity index (χ3v) is 6.00. The van der Waals surface area contributed by atoms with Gasteiger partial charge in [0.25, 0.3) is 0 Å². The minimum absolute atomic E-state index is 0.926. The molecule has 0 atom stereocenters. The largest absolute Gasteiger partial charge is 0.455 e. The van der Waals surface area contributed by atoms with E-state index in [2.05, 4.69) is 107 Å². The maximum Gasteiger partial charge on any atom is 0.143 e. The topological polar surface area (TPSA) is 13.1 Å². The summed E-state index contributed by atoms with van der Waals surface area (Å²) in [5.41, 5.74) is 4.27. The number of hydrogen-bond donors (Lipinski definition) is 0. The third-order valence-electron chi connectivity index (χ3n) is 5.50. The molecular formula is C26H15BrO. The van der Waals surface area contributed by atoms with Gasteiger partial charge < -0.3 is 4.42 Å². The standard InChI is InChI=1S/C26H15BrO/c27-18-7-5-6-16(14-18)17-12-13-24-23(15-17)25-21-10-3-1-8-19(21)20-9-2-4-11-22(20)26(25)28-24/h1-15H. The van der Waals surface area contributed by atoms with Gasteiger partial charge in [0, 0.05) is 20.6 Å². The van der Waals surface area contributed by atoms with Gasteiger partial charge in [-0.1, -0.05) is 82.7 Å². The van der Waals surface area contributed by atoms with E-state index in [1.165, 1.54) is 32.7 Å². The van der Waals surface area contributed by atoms with Crippen LogP contribution in [0.5, 0.6) is 0 Å². The molecule has 0 radical (unpaired) electrons. The van der Waals surface area contributed by atoms with Crippen LogP contribution in [0.3, 0.4) is 0 Å². The van der Waals surface area contributed by atoms with E-state index < -0.39 is 0 Å². The SMILES string of the molecule is Brc1cccc(-c2ccc3oc4c5ccccc5c5ccccc5c4c3c2)c1. The van der Waals surface area contributed by atoms with Crippen LogP contribution in [0.15, 0.2) is 99.9 Å². The molecule has 0 aliphatic heterocycles. The van der Waals surface area contributed by atoms with E-state index in [4.69, 9.17) is 4.42 Å². The molecule has 1 heterocycles. The van der Waals surface area contributed by atoms with Gasteiger partial charge in [-0.15, -0.1) is 0 Å². The summed E-state index contributed by atoms with van der Waals surface area (Å²) in [7, 11) is 0. The maximum absolute atomic E-state index is 6.38. The van der Waals surface area contributed by atoms with Crippen LogP contribution in [0.2, 0.25) is 0 Å². The molecule has 132 valence electrons. The summed E-state index contributed by atoms with van der Waals surface area (Å²) in [5, 5.41) is 7.26. The minimum Gasteiger partial charge on any atom is -0.455 e. The molecule has 0 aliphatic rings. The zero-order chi connectivity index (χ0) is 18.7. The monoisotopic (exact) mass is 422 g/mol. The molecule has 0 bridgehead atoms. The van der Waals surface area contributed by atoms with Gasteiger partial charge in [0.2, 0.25) is 0 Å². The van der Waals surface area contributed by atoms with Crippen molar-refractivity contribution < 1.29 is 4.42 Å². The Morgan fingerprint density at radius 1 is 0.536 bits per heavy atom. The molecule has 1 aromatic heterocycles. The van der Waals surface area contributed by atoms with Crippen molar-refractivity contribution in [3.8, 4) is 11.1 Å². The predicted molar refractivity (Wildman–Crippen MR) is 122 cm³/mol. The number of benzene rings is 5. The van der Waals surface area contributed by atoms with Crippen molar-refractivity contribution in [2.75, 3.05) is 0 Å². The van der Waals surface area contributed by atoms with E-state index in [-0.39, 0.29) is 0 Å². The number of halogens is 1. The Labute approximate surface area is 170 Å². The van der Waals surface area contributed by atoms with Gasteiger partial charge in [-0.2, -0.15) is 0 Å². The van der Waals surface area contributed by atoms with E-state index in [0.717, 1.165) is 26.4 Å². The normalized spacial score (nSPS) is 11.8. The fourth-order valence-electron chi connectivity index (χ4n) is 4.25. The lowest BCUT2D eigenvalue weighted by Crippen LogP contribution is -1.80. The Balaban J connectivity index is 1.80. The van der Waals surface area contributed by atoms with Crippen LogP contribution in [0.1, 0.15) is 0 Å². The number of fused-ring (bicyclic) bond motifs is 8. The lowest BCUT2D eigenvalue weighted by Gasteiger charge is -2.06. The van der Waals surface area contributed by atoms with Crippen molar-refractivity contribution in [3.63, 3.8) is 0 Å². The van der Waals surface area contributed by atoms with Gasteiger partial charge in [-0.3, -0.25) is 0 Å². The summed E-state index contributed by atoms with van der Waals surface area (Å²) in [4.78, 5) is 0. The van der Waals surface area contributed by atoms with Crippen LogP contribution in [0, 0.1) is 0 Å². The van der Waals surface area contributed by atoms with Gasteiger partial charge >= 0.3 is 0 Å². The van der Waals surface area contributed by atoms with Gasteiger partial charge in [-0.05, 0) is 51.6 Å². The molecule has 0 unspecified atom stereocenters. The quantitative estimate of drug-likeness (QED) is 0.242. The van der Waals surface area contributed by atoms with E-state index >= 15 is 0 Å². The Hall–Kier alpha value is -3.10. The molecular weight excluding hydrogens is 408 g/mol. The van der Waals surface area contributed by atoms with Crippen molar-refractivity contribution in [1.82, 2.24) is 0 Å². The van der Waals surface area contributed by atoms with Crippen molar-refractivity contribution in [3.05, 3.63) is 95.5 Å². The molecule has 0 saturated carbocycles. The summed E-state index contributed by atoms with van der Waals surface area (Å²) in [6.07, 6.45) is 0. The fraction of sp³-hybridized carbons (Fsp3) is 0. The molecule has 6 rings (SSSR count). The Morgan fingerprint density at radius 2 is 1.21 bits per heavy atom. The van der Waals surface area contributed by atoms with Crippen molar-refractivity contribution in [1.29, 1.82) is 0 Å². The predicted octanol–water partition coefficient (Wildman–Crippen LogP) is 8.32. The molecule has 0 spiro atoms. The Morgan fingerprint density at radius 3 is 2.00 bits per heavy atom. The molecule has 0 saturated heterocycles. The summed E-state index contributed by atoms with van der Waals surface area (Å²) < 4.78 is 7.46. The van der Waals surface area contributed by atoms with Gasteiger partial charge in [0.1, 0.15) is 11.2 Å². The van der Waals surface area contributed by atoms with Crippen molar-refractivity contribution in [2.45, 2.75) is 0 Å². The average Bonchev–Trinajstić information content (AvgIpc) is 3.13. The van der Waals surface area contributed by atoms with Gasteiger partial charge in [0.15, 0.2) is 0 Å². The molecule has 0 aliphatic carbocycles. The highest BCUT2D eigenvalue weighted by molar-refractivity contribution is 9.10. The van der Waals surface area contributed by atoms with E-state index in [1.807, 2.05) is 0 Å². The highest BCUT2D eigenvalue weighted by Gasteiger charge is 2.15. The first-order valence-electron chi connectivity index (χ1n) is 9.31. The third kappa shape index (κ3) is 2.25. The van der Waals surface area contributed by atoms with Crippen LogP contribution in [-0.2, 0) is 0 Å². The molecule has 2 heteroatoms. The Bertz CT molecular complexity index is 1520. The van der Waals surface area contributed by atoms with Crippen LogP contribution < -0.4 is 0 Å². The maximum atomic E-state index is 6.38. The lowest BCUT2D eigenvalue weighted by molar-refractivity contribution is 0.673. The number of rotatable bonds is 1. The summed E-state index contributed by atoms with van der Waals surface area (Å²) >= 11 is 3.58. The van der Waals surface area contributed by atoms with E-state index in [1.54, 1.807) is 0 Å². The fourth-order valence-corrected chi connectivity index (χ4v) is 4.65. The van der Waals surface area contributed by atoms with E-state index in [0.29, 0.717) is 0 Å². The molecule has 6 aromatic rings. The summed E-state index contributed by atoms with van der Waals surface area (Å²) in [6, 6.07) is 32.0.